The van der Waals surface area contributed by atoms with E-state index in [0.717, 1.165) is 61.5 Å². The fourth-order valence-corrected chi connectivity index (χ4v) is 4.58. The number of nitrogens with zero attached hydrogens (tertiary/aromatic N) is 2. The highest BCUT2D eigenvalue weighted by Gasteiger charge is 2.28. The van der Waals surface area contributed by atoms with Crippen LogP contribution < -0.4 is 4.90 Å². The predicted octanol–water partition coefficient (Wildman–Crippen LogP) is 7.11. The normalized spacial score (nSPS) is 16.6. The van der Waals surface area contributed by atoms with Gasteiger partial charge in [-0.05, 0) is 60.3 Å². The van der Waals surface area contributed by atoms with Crippen LogP contribution in [0.1, 0.15) is 81.0 Å². The van der Waals surface area contributed by atoms with Crippen LogP contribution in [0.5, 0.6) is 0 Å². The summed E-state index contributed by atoms with van der Waals surface area (Å²) < 4.78 is 0. The van der Waals surface area contributed by atoms with Gasteiger partial charge in [-0.2, -0.15) is 0 Å². The predicted molar refractivity (Wildman–Crippen MR) is 131 cm³/mol. The molecule has 3 nitrogen and oxygen atoms in total. The number of hydrogen-bond donors (Lipinski definition) is 1. The molecule has 0 radical (unpaired) electrons. The zero-order valence-corrected chi connectivity index (χ0v) is 19.3. The molecule has 31 heavy (non-hydrogen) atoms. The van der Waals surface area contributed by atoms with Crippen LogP contribution in [0.3, 0.4) is 0 Å². The third-order valence-corrected chi connectivity index (χ3v) is 6.63. The Labute approximate surface area is 187 Å². The highest BCUT2D eigenvalue weighted by atomic mass is 16.3. The Hall–Kier alpha value is -2.55. The van der Waals surface area contributed by atoms with E-state index in [1.165, 1.54) is 35.1 Å². The van der Waals surface area contributed by atoms with Crippen LogP contribution in [0, 0.1) is 0 Å². The number of aliphatic imine (C=N–C) groups is 1. The summed E-state index contributed by atoms with van der Waals surface area (Å²) >= 11 is 0. The molecule has 2 aliphatic rings. The molecule has 3 heteroatoms. The first-order valence-corrected chi connectivity index (χ1v) is 12.1. The molecule has 1 aliphatic carbocycles. The van der Waals surface area contributed by atoms with Gasteiger partial charge >= 0.3 is 0 Å². The lowest BCUT2D eigenvalue weighted by molar-refractivity contribution is 0.391. The number of anilines is 1. The van der Waals surface area contributed by atoms with Crippen molar-refractivity contribution in [3.8, 4) is 0 Å². The number of para-hydroxylation sites is 1. The summed E-state index contributed by atoms with van der Waals surface area (Å²) in [5.41, 5.74) is 7.39. The van der Waals surface area contributed by atoms with Gasteiger partial charge in [0.05, 0.1) is 12.2 Å². The van der Waals surface area contributed by atoms with Crippen molar-refractivity contribution in [1.82, 2.24) is 0 Å². The largest absolute Gasteiger partial charge is 0.494 e. The van der Waals surface area contributed by atoms with E-state index >= 15 is 0 Å². The molecule has 0 amide bonds. The van der Waals surface area contributed by atoms with Gasteiger partial charge in [-0.1, -0.05) is 69.7 Å². The maximum absolute atomic E-state index is 11.5. The van der Waals surface area contributed by atoms with Gasteiger partial charge in [-0.25, -0.2) is 0 Å². The van der Waals surface area contributed by atoms with Crippen LogP contribution in [0.4, 0.5) is 5.69 Å². The molecule has 164 valence electrons. The van der Waals surface area contributed by atoms with Gasteiger partial charge in [0.15, 0.2) is 5.88 Å². The summed E-state index contributed by atoms with van der Waals surface area (Å²) in [6, 6.07) is 15.5. The van der Waals surface area contributed by atoms with Crippen molar-refractivity contribution >= 4 is 11.5 Å². The highest BCUT2D eigenvalue weighted by Crippen LogP contribution is 2.40. The van der Waals surface area contributed by atoms with Crippen LogP contribution in [-0.4, -0.2) is 17.5 Å². The molecule has 1 N–H and O–H groups in total. The third-order valence-electron chi connectivity index (χ3n) is 6.63. The summed E-state index contributed by atoms with van der Waals surface area (Å²) in [6.07, 6.45) is 8.36. The van der Waals surface area contributed by atoms with E-state index in [-0.39, 0.29) is 0 Å². The first-order chi connectivity index (χ1) is 15.2. The van der Waals surface area contributed by atoms with E-state index in [1.807, 2.05) is 0 Å². The van der Waals surface area contributed by atoms with Crippen molar-refractivity contribution in [2.24, 2.45) is 4.99 Å². The zero-order chi connectivity index (χ0) is 21.8. The second kappa shape index (κ2) is 9.72. The molecule has 2 aromatic carbocycles. The van der Waals surface area contributed by atoms with Crippen LogP contribution in [-0.2, 0) is 19.3 Å². The molecule has 4 rings (SSSR count). The molecule has 1 saturated carbocycles. The van der Waals surface area contributed by atoms with E-state index in [9.17, 15) is 5.11 Å². The lowest BCUT2D eigenvalue weighted by atomic mass is 9.98. The van der Waals surface area contributed by atoms with Crippen molar-refractivity contribution < 1.29 is 5.11 Å². The molecule has 1 aliphatic heterocycles. The molecule has 0 unspecified atom stereocenters. The van der Waals surface area contributed by atoms with E-state index in [4.69, 9.17) is 4.99 Å². The summed E-state index contributed by atoms with van der Waals surface area (Å²) in [5.74, 6) is 2.17. The Kier molecular flexibility index (Phi) is 6.80. The standard InChI is InChI=1S/C28H36N2O/c1-4-7-11-26-29-19-25(18-20-12-14-23(15-13-20)24-16-17-24)28(31)30(26)27-21(5-2)9-8-10-22(27)6-3/h8-10,12-15,24,31H,4-7,11,16-19H2,1-3H3. The van der Waals surface area contributed by atoms with Crippen molar-refractivity contribution in [2.75, 3.05) is 11.4 Å². The number of rotatable bonds is 9. The fraction of sp³-hybridized carbons (Fsp3) is 0.464. The lowest BCUT2D eigenvalue weighted by Crippen LogP contribution is -2.36. The molecule has 0 spiro atoms. The lowest BCUT2D eigenvalue weighted by Gasteiger charge is -2.33. The van der Waals surface area contributed by atoms with Gasteiger partial charge in [0, 0.05) is 18.4 Å². The van der Waals surface area contributed by atoms with E-state index < -0.39 is 0 Å². The Morgan fingerprint density at radius 2 is 1.65 bits per heavy atom. The summed E-state index contributed by atoms with van der Waals surface area (Å²) in [7, 11) is 0. The number of aliphatic hydroxyl groups is 1. The topological polar surface area (TPSA) is 35.8 Å². The minimum Gasteiger partial charge on any atom is -0.494 e. The van der Waals surface area contributed by atoms with Crippen LogP contribution in [0.25, 0.3) is 0 Å². The Morgan fingerprint density at radius 1 is 0.968 bits per heavy atom. The molecule has 1 heterocycles. The molecule has 0 atom stereocenters. The van der Waals surface area contributed by atoms with Crippen molar-refractivity contribution in [1.29, 1.82) is 0 Å². The molecule has 0 aromatic heterocycles. The molecule has 1 fully saturated rings. The number of amidine groups is 1. The fourth-order valence-electron chi connectivity index (χ4n) is 4.58. The number of benzene rings is 2. The van der Waals surface area contributed by atoms with Gasteiger partial charge in [0.1, 0.15) is 5.84 Å². The first-order valence-electron chi connectivity index (χ1n) is 12.1. The number of hydrogen-bond acceptors (Lipinski definition) is 3. The molecule has 0 saturated heterocycles. The number of unbranched alkanes of at least 4 members (excludes halogenated alkanes) is 1. The van der Waals surface area contributed by atoms with E-state index in [2.05, 4.69) is 68.1 Å². The zero-order valence-electron chi connectivity index (χ0n) is 19.3. The molecular formula is C28H36N2O. The van der Waals surface area contributed by atoms with Crippen molar-refractivity contribution in [3.63, 3.8) is 0 Å². The van der Waals surface area contributed by atoms with Gasteiger partial charge in [0.25, 0.3) is 0 Å². The van der Waals surface area contributed by atoms with Crippen molar-refractivity contribution in [2.45, 2.75) is 78.1 Å². The van der Waals surface area contributed by atoms with Crippen LogP contribution in [0.2, 0.25) is 0 Å². The summed E-state index contributed by atoms with van der Waals surface area (Å²) in [4.78, 5) is 7.06. The van der Waals surface area contributed by atoms with Gasteiger partial charge in [-0.15, -0.1) is 0 Å². The summed E-state index contributed by atoms with van der Waals surface area (Å²) in [5, 5.41) is 11.5. The van der Waals surface area contributed by atoms with E-state index in [0.29, 0.717) is 12.4 Å². The Balaban J connectivity index is 1.69. The van der Waals surface area contributed by atoms with E-state index in [1.54, 1.807) is 0 Å². The van der Waals surface area contributed by atoms with Crippen LogP contribution in [0.15, 0.2) is 58.9 Å². The quantitative estimate of drug-likeness (QED) is 0.473. The number of aryl methyl sites for hydroxylation is 2. The maximum Gasteiger partial charge on any atom is 0.198 e. The Bertz CT molecular complexity index is 945. The Morgan fingerprint density at radius 3 is 2.23 bits per heavy atom. The SMILES string of the molecule is CCCCC1=NCC(Cc2ccc(C3CC3)cc2)=C(O)N1c1c(CC)cccc1CC. The van der Waals surface area contributed by atoms with Gasteiger partial charge in [0.2, 0.25) is 0 Å². The highest BCUT2D eigenvalue weighted by molar-refractivity contribution is 6.02. The second-order valence-corrected chi connectivity index (χ2v) is 8.92. The van der Waals surface area contributed by atoms with Crippen LogP contribution >= 0.6 is 0 Å². The molecule has 0 bridgehead atoms. The number of aliphatic hydroxyl groups excluding tert-OH is 1. The monoisotopic (exact) mass is 416 g/mol. The molecular weight excluding hydrogens is 380 g/mol. The average molecular weight is 417 g/mol. The minimum absolute atomic E-state index is 0.392. The average Bonchev–Trinajstić information content (AvgIpc) is 3.65. The maximum atomic E-state index is 11.5. The third kappa shape index (κ3) is 4.71. The second-order valence-electron chi connectivity index (χ2n) is 8.92. The van der Waals surface area contributed by atoms with Gasteiger partial charge < -0.3 is 5.11 Å². The van der Waals surface area contributed by atoms with Gasteiger partial charge in [-0.3, -0.25) is 9.89 Å². The minimum atomic E-state index is 0.392. The van der Waals surface area contributed by atoms with Crippen molar-refractivity contribution in [3.05, 3.63) is 76.2 Å². The first kappa shape index (κ1) is 21.7. The summed E-state index contributed by atoms with van der Waals surface area (Å²) in [6.45, 7) is 7.17. The molecule has 2 aromatic rings. The smallest absolute Gasteiger partial charge is 0.198 e.